The van der Waals surface area contributed by atoms with E-state index >= 15 is 0 Å². The number of fused-ring (bicyclic) bond motifs is 9. The van der Waals surface area contributed by atoms with Crippen LogP contribution in [0.2, 0.25) is 0 Å². The van der Waals surface area contributed by atoms with E-state index in [9.17, 15) is 9.90 Å². The molecule has 0 radical (unpaired) electrons. The van der Waals surface area contributed by atoms with Crippen LogP contribution in [-0.2, 0) is 4.79 Å². The number of rotatable bonds is 0. The van der Waals surface area contributed by atoms with Gasteiger partial charge in [0.05, 0.1) is 6.10 Å². The molecular formula is C27H38O2. The molecule has 158 valence electrons. The zero-order valence-corrected chi connectivity index (χ0v) is 18.3. The van der Waals surface area contributed by atoms with Crippen LogP contribution in [0, 0.1) is 46.3 Å². The summed E-state index contributed by atoms with van der Waals surface area (Å²) in [7, 11) is 0. The summed E-state index contributed by atoms with van der Waals surface area (Å²) in [4.78, 5) is 13.4. The molecule has 0 unspecified atom stereocenters. The summed E-state index contributed by atoms with van der Waals surface area (Å²) in [5.41, 5.74) is 3.59. The van der Waals surface area contributed by atoms with Gasteiger partial charge in [-0.05, 0) is 111 Å². The van der Waals surface area contributed by atoms with Crippen molar-refractivity contribution in [2.75, 3.05) is 0 Å². The van der Waals surface area contributed by atoms with Gasteiger partial charge in [-0.15, -0.1) is 0 Å². The number of allylic oxidation sites excluding steroid dienone is 3. The van der Waals surface area contributed by atoms with E-state index in [-0.39, 0.29) is 11.5 Å². The monoisotopic (exact) mass is 394 g/mol. The van der Waals surface area contributed by atoms with Crippen LogP contribution >= 0.6 is 0 Å². The number of carbonyl (C=O) groups excluding carboxylic acids is 1. The average Bonchev–Trinajstić information content (AvgIpc) is 3.03. The highest BCUT2D eigenvalue weighted by molar-refractivity contribution is 5.94. The summed E-state index contributed by atoms with van der Waals surface area (Å²) in [5, 5.41) is 10.2. The van der Waals surface area contributed by atoms with E-state index in [1.807, 2.05) is 0 Å². The number of ketones is 1. The molecule has 0 saturated heterocycles. The highest BCUT2D eigenvalue weighted by Gasteiger charge is 2.64. The van der Waals surface area contributed by atoms with Crippen LogP contribution in [0.15, 0.2) is 23.3 Å². The highest BCUT2D eigenvalue weighted by Crippen LogP contribution is 2.69. The maximum atomic E-state index is 13.4. The largest absolute Gasteiger partial charge is 0.393 e. The Hall–Kier alpha value is -0.890. The van der Waals surface area contributed by atoms with Crippen molar-refractivity contribution in [1.82, 2.24) is 0 Å². The number of hydrogen-bond acceptors (Lipinski definition) is 2. The van der Waals surface area contributed by atoms with Crippen LogP contribution in [-0.4, -0.2) is 17.0 Å². The van der Waals surface area contributed by atoms with Gasteiger partial charge in [0, 0.05) is 5.92 Å². The molecular weight excluding hydrogens is 356 g/mol. The lowest BCUT2D eigenvalue weighted by atomic mass is 9.47. The van der Waals surface area contributed by atoms with Gasteiger partial charge < -0.3 is 5.11 Å². The molecule has 0 aromatic heterocycles. The Kier molecular flexibility index (Phi) is 4.10. The molecule has 0 aromatic carbocycles. The van der Waals surface area contributed by atoms with E-state index in [1.165, 1.54) is 56.9 Å². The van der Waals surface area contributed by atoms with Crippen LogP contribution in [0.5, 0.6) is 0 Å². The second kappa shape index (κ2) is 6.31. The molecule has 9 atom stereocenters. The van der Waals surface area contributed by atoms with Crippen molar-refractivity contribution >= 4 is 5.78 Å². The van der Waals surface area contributed by atoms with Crippen LogP contribution < -0.4 is 0 Å². The molecule has 0 spiro atoms. The fourth-order valence-electron chi connectivity index (χ4n) is 9.68. The summed E-state index contributed by atoms with van der Waals surface area (Å²) in [6.07, 6.45) is 17.8. The average molecular weight is 395 g/mol. The Balaban J connectivity index is 1.36. The number of hydrogen-bond donors (Lipinski definition) is 1. The first kappa shape index (κ1) is 18.8. The minimum atomic E-state index is -0.123. The Labute approximate surface area is 176 Å². The molecule has 0 heterocycles. The maximum absolute atomic E-state index is 13.4. The summed E-state index contributed by atoms with van der Waals surface area (Å²) in [5.74, 6) is 4.37. The van der Waals surface area contributed by atoms with E-state index < -0.39 is 0 Å². The third-order valence-electron chi connectivity index (χ3n) is 11.0. The Morgan fingerprint density at radius 3 is 2.76 bits per heavy atom. The van der Waals surface area contributed by atoms with Crippen molar-refractivity contribution in [2.45, 2.75) is 90.6 Å². The molecule has 0 bridgehead atoms. The Morgan fingerprint density at radius 2 is 1.90 bits per heavy atom. The lowest BCUT2D eigenvalue weighted by Crippen LogP contribution is -2.51. The first-order valence-corrected chi connectivity index (χ1v) is 12.5. The third kappa shape index (κ3) is 2.47. The van der Waals surface area contributed by atoms with Gasteiger partial charge in [-0.2, -0.15) is 0 Å². The SMILES string of the molecule is C[C@]12CC[C@H]3[C@@H](CC=C4C[C@@H](O)CC[C@@]43C)[C@@H]1C[C@@H]1[C@H]3CCCCC3=CC(=O)[C@@H]12. The molecule has 4 fully saturated rings. The van der Waals surface area contributed by atoms with Crippen molar-refractivity contribution in [3.8, 4) is 0 Å². The van der Waals surface area contributed by atoms with Gasteiger partial charge in [0.15, 0.2) is 5.78 Å². The van der Waals surface area contributed by atoms with Crippen molar-refractivity contribution in [3.05, 3.63) is 23.3 Å². The standard InChI is InChI=1S/C27H38O2/c1-26-11-9-18(28)14-17(26)7-8-20-22(26)10-12-27(2)23(20)15-21-19-6-4-3-5-16(19)13-24(29)25(21)27/h7,13,18-23,25,28H,3-6,8-12,14-15H2,1-2H3/t18-,19-,20+,21+,22-,23-,25+,26-,27-/m0/s1. The smallest absolute Gasteiger partial charge is 0.159 e. The number of aliphatic hydroxyl groups excluding tert-OH is 1. The minimum absolute atomic E-state index is 0.123. The molecule has 6 aliphatic rings. The van der Waals surface area contributed by atoms with Gasteiger partial charge in [-0.3, -0.25) is 4.79 Å². The zero-order valence-electron chi connectivity index (χ0n) is 18.3. The molecule has 2 heteroatoms. The number of aliphatic hydroxyl groups is 1. The van der Waals surface area contributed by atoms with Gasteiger partial charge in [0.25, 0.3) is 0 Å². The van der Waals surface area contributed by atoms with Gasteiger partial charge in [0.2, 0.25) is 0 Å². The van der Waals surface area contributed by atoms with E-state index in [2.05, 4.69) is 26.0 Å². The second-order valence-electron chi connectivity index (χ2n) is 12.1. The molecule has 6 aliphatic carbocycles. The van der Waals surface area contributed by atoms with Crippen LogP contribution in [0.4, 0.5) is 0 Å². The van der Waals surface area contributed by atoms with Crippen molar-refractivity contribution < 1.29 is 9.90 Å². The van der Waals surface area contributed by atoms with E-state index in [0.29, 0.717) is 29.0 Å². The molecule has 1 N–H and O–H groups in total. The highest BCUT2D eigenvalue weighted by atomic mass is 16.3. The third-order valence-corrected chi connectivity index (χ3v) is 11.0. The van der Waals surface area contributed by atoms with Gasteiger partial charge in [-0.1, -0.05) is 37.5 Å². The second-order valence-corrected chi connectivity index (χ2v) is 12.1. The molecule has 29 heavy (non-hydrogen) atoms. The molecule has 6 rings (SSSR count). The van der Waals surface area contributed by atoms with Gasteiger partial charge in [0.1, 0.15) is 0 Å². The molecule has 4 saturated carbocycles. The lowest BCUT2D eigenvalue weighted by Gasteiger charge is -2.58. The Morgan fingerprint density at radius 1 is 1.03 bits per heavy atom. The summed E-state index contributed by atoms with van der Waals surface area (Å²) in [6, 6.07) is 0. The molecule has 0 amide bonds. The van der Waals surface area contributed by atoms with E-state index in [4.69, 9.17) is 0 Å². The zero-order chi connectivity index (χ0) is 20.0. The fourth-order valence-corrected chi connectivity index (χ4v) is 9.68. The molecule has 2 nitrogen and oxygen atoms in total. The maximum Gasteiger partial charge on any atom is 0.159 e. The lowest BCUT2D eigenvalue weighted by molar-refractivity contribution is -0.128. The first-order chi connectivity index (χ1) is 13.9. The summed E-state index contributed by atoms with van der Waals surface area (Å²) < 4.78 is 0. The Bertz CT molecular complexity index is 792. The quantitative estimate of drug-likeness (QED) is 0.523. The van der Waals surface area contributed by atoms with Crippen LogP contribution in [0.3, 0.4) is 0 Å². The fraction of sp³-hybridized carbons (Fsp3) is 0.815. The predicted molar refractivity (Wildman–Crippen MR) is 115 cm³/mol. The topological polar surface area (TPSA) is 37.3 Å². The molecule has 0 aromatic rings. The predicted octanol–water partition coefficient (Wildman–Crippen LogP) is 5.85. The van der Waals surface area contributed by atoms with Crippen molar-refractivity contribution in [2.24, 2.45) is 46.3 Å². The van der Waals surface area contributed by atoms with Crippen molar-refractivity contribution in [1.29, 1.82) is 0 Å². The van der Waals surface area contributed by atoms with E-state index in [0.717, 1.165) is 37.0 Å². The first-order valence-electron chi connectivity index (χ1n) is 12.5. The van der Waals surface area contributed by atoms with E-state index in [1.54, 1.807) is 5.57 Å². The summed E-state index contributed by atoms with van der Waals surface area (Å²) in [6.45, 7) is 5.02. The minimum Gasteiger partial charge on any atom is -0.393 e. The van der Waals surface area contributed by atoms with Gasteiger partial charge in [-0.25, -0.2) is 0 Å². The van der Waals surface area contributed by atoms with Gasteiger partial charge >= 0.3 is 0 Å². The van der Waals surface area contributed by atoms with Crippen molar-refractivity contribution in [3.63, 3.8) is 0 Å². The van der Waals surface area contributed by atoms with Crippen LogP contribution in [0.25, 0.3) is 0 Å². The normalized spacial score (nSPS) is 53.6. The summed E-state index contributed by atoms with van der Waals surface area (Å²) >= 11 is 0. The molecule has 0 aliphatic heterocycles. The number of carbonyl (C=O) groups is 1. The van der Waals surface area contributed by atoms with Crippen LogP contribution in [0.1, 0.15) is 84.5 Å².